The molecule has 1 aromatic carbocycles. The van der Waals surface area contributed by atoms with Gasteiger partial charge in [0.05, 0.1) is 18.7 Å². The number of amides is 1. The molecule has 0 fully saturated rings. The number of carbonyl (C=O) groups excluding carboxylic acids is 1. The van der Waals surface area contributed by atoms with E-state index in [0.717, 1.165) is 5.39 Å². The van der Waals surface area contributed by atoms with E-state index < -0.39 is 0 Å². The van der Waals surface area contributed by atoms with Crippen molar-refractivity contribution in [1.82, 2.24) is 10.3 Å². The third-order valence-corrected chi connectivity index (χ3v) is 3.58. The van der Waals surface area contributed by atoms with Gasteiger partial charge in [0, 0.05) is 18.5 Å². The molecule has 0 radical (unpaired) electrons. The van der Waals surface area contributed by atoms with Crippen molar-refractivity contribution in [2.45, 2.75) is 19.5 Å². The zero-order valence-corrected chi connectivity index (χ0v) is 12.6. The topological polar surface area (TPSA) is 80.7 Å². The van der Waals surface area contributed by atoms with E-state index in [1.165, 1.54) is 0 Å². The number of benzene rings is 1. The molecule has 0 saturated heterocycles. The number of carbonyl (C=O) groups is 1. The monoisotopic (exact) mass is 291 g/mol. The molecule has 6 nitrogen and oxygen atoms in total. The van der Waals surface area contributed by atoms with Crippen LogP contribution < -0.4 is 11.3 Å². The zero-order chi connectivity index (χ0) is 15.4. The van der Waals surface area contributed by atoms with E-state index in [4.69, 9.17) is 15.0 Å². The highest BCUT2D eigenvalue weighted by atomic mass is 16.5. The smallest absolute Gasteiger partial charge is 0.269 e. The van der Waals surface area contributed by atoms with Gasteiger partial charge in [0.2, 0.25) is 0 Å². The van der Waals surface area contributed by atoms with Crippen molar-refractivity contribution in [3.05, 3.63) is 35.6 Å². The summed E-state index contributed by atoms with van der Waals surface area (Å²) in [6, 6.07) is 7.64. The number of furan rings is 1. The summed E-state index contributed by atoms with van der Waals surface area (Å²) in [4.78, 5) is 14.1. The fraction of sp³-hybridized carbons (Fsp3) is 0.400. The molecule has 1 unspecified atom stereocenters. The maximum Gasteiger partial charge on any atom is 0.269 e. The predicted molar refractivity (Wildman–Crippen MR) is 80.7 cm³/mol. The van der Waals surface area contributed by atoms with E-state index in [1.807, 2.05) is 31.3 Å². The predicted octanol–water partition coefficient (Wildman–Crippen LogP) is 1.50. The van der Waals surface area contributed by atoms with Crippen molar-refractivity contribution in [1.29, 1.82) is 0 Å². The third kappa shape index (κ3) is 3.24. The highest BCUT2D eigenvalue weighted by Gasteiger charge is 2.22. The molecule has 0 aliphatic rings. The van der Waals surface area contributed by atoms with Gasteiger partial charge in [-0.1, -0.05) is 18.2 Å². The lowest BCUT2D eigenvalue weighted by atomic mass is 10.1. The fourth-order valence-electron chi connectivity index (χ4n) is 2.28. The minimum Gasteiger partial charge on any atom is -0.459 e. The Morgan fingerprint density at radius 3 is 2.86 bits per heavy atom. The lowest BCUT2D eigenvalue weighted by molar-refractivity contribution is 0.0943. The van der Waals surface area contributed by atoms with Crippen LogP contribution in [0.4, 0.5) is 0 Å². The molecule has 1 heterocycles. The largest absolute Gasteiger partial charge is 0.459 e. The first-order valence-electron chi connectivity index (χ1n) is 6.79. The maximum atomic E-state index is 12.0. The minimum absolute atomic E-state index is 0.206. The Morgan fingerprint density at radius 2 is 2.19 bits per heavy atom. The van der Waals surface area contributed by atoms with Crippen LogP contribution in [0, 0.1) is 0 Å². The number of nitrogens with zero attached hydrogens (tertiary/aromatic N) is 1. The Bertz CT molecular complexity index is 624. The molecule has 21 heavy (non-hydrogen) atoms. The number of para-hydroxylation sites is 1. The standard InChI is InChI=1S/C15H21N3O3/c1-10(9-20-3)18(2)8-13-14(15(19)17-16)11-6-4-5-7-12(11)21-13/h4-7,10H,8-9,16H2,1-3H3,(H,17,19). The summed E-state index contributed by atoms with van der Waals surface area (Å²) < 4.78 is 11.0. The Labute approximate surface area is 123 Å². The van der Waals surface area contributed by atoms with Gasteiger partial charge in [-0.2, -0.15) is 0 Å². The summed E-state index contributed by atoms with van der Waals surface area (Å²) in [7, 11) is 3.62. The van der Waals surface area contributed by atoms with Crippen molar-refractivity contribution in [2.24, 2.45) is 5.84 Å². The van der Waals surface area contributed by atoms with Gasteiger partial charge in [-0.25, -0.2) is 5.84 Å². The summed E-state index contributed by atoms with van der Waals surface area (Å²) in [6.07, 6.45) is 0. The molecule has 0 spiro atoms. The highest BCUT2D eigenvalue weighted by molar-refractivity contribution is 6.07. The van der Waals surface area contributed by atoms with Crippen LogP contribution in [-0.4, -0.2) is 37.6 Å². The first-order chi connectivity index (χ1) is 10.1. The van der Waals surface area contributed by atoms with Crippen molar-refractivity contribution < 1.29 is 13.9 Å². The van der Waals surface area contributed by atoms with Crippen LogP contribution in [0.1, 0.15) is 23.0 Å². The molecular formula is C15H21N3O3. The van der Waals surface area contributed by atoms with Crippen LogP contribution >= 0.6 is 0 Å². The van der Waals surface area contributed by atoms with Crippen molar-refractivity contribution in [3.63, 3.8) is 0 Å². The van der Waals surface area contributed by atoms with Crippen LogP contribution in [0.5, 0.6) is 0 Å². The van der Waals surface area contributed by atoms with Gasteiger partial charge >= 0.3 is 0 Å². The van der Waals surface area contributed by atoms with E-state index in [1.54, 1.807) is 7.11 Å². The summed E-state index contributed by atoms with van der Waals surface area (Å²) in [5.74, 6) is 5.54. The third-order valence-electron chi connectivity index (χ3n) is 3.58. The van der Waals surface area contributed by atoms with Gasteiger partial charge in [0.15, 0.2) is 0 Å². The molecule has 1 atom stereocenters. The van der Waals surface area contributed by atoms with Crippen molar-refractivity contribution >= 4 is 16.9 Å². The Balaban J connectivity index is 2.36. The first-order valence-corrected chi connectivity index (χ1v) is 6.79. The van der Waals surface area contributed by atoms with Gasteiger partial charge in [0.25, 0.3) is 5.91 Å². The van der Waals surface area contributed by atoms with Gasteiger partial charge in [0.1, 0.15) is 11.3 Å². The molecule has 6 heteroatoms. The second-order valence-corrected chi connectivity index (χ2v) is 5.09. The van der Waals surface area contributed by atoms with Crippen LogP contribution in [0.3, 0.4) is 0 Å². The van der Waals surface area contributed by atoms with Crippen LogP contribution in [0.25, 0.3) is 11.0 Å². The van der Waals surface area contributed by atoms with Crippen LogP contribution in [0.15, 0.2) is 28.7 Å². The summed E-state index contributed by atoms with van der Waals surface area (Å²) in [5.41, 5.74) is 3.36. The van der Waals surface area contributed by atoms with Crippen LogP contribution in [0.2, 0.25) is 0 Å². The Morgan fingerprint density at radius 1 is 1.48 bits per heavy atom. The molecule has 2 rings (SSSR count). The van der Waals surface area contributed by atoms with E-state index >= 15 is 0 Å². The number of nitrogens with one attached hydrogen (secondary N) is 1. The molecule has 1 amide bonds. The molecule has 2 aromatic rings. The molecule has 114 valence electrons. The van der Waals surface area contributed by atoms with E-state index in [9.17, 15) is 4.79 Å². The molecule has 3 N–H and O–H groups in total. The van der Waals surface area contributed by atoms with E-state index in [0.29, 0.717) is 30.1 Å². The molecule has 0 aliphatic carbocycles. The maximum absolute atomic E-state index is 12.0. The number of hydrogen-bond acceptors (Lipinski definition) is 5. The summed E-state index contributed by atoms with van der Waals surface area (Å²) in [6.45, 7) is 3.16. The van der Waals surface area contributed by atoms with Gasteiger partial charge in [-0.05, 0) is 20.0 Å². The lowest BCUT2D eigenvalue weighted by Crippen LogP contribution is -2.34. The normalized spacial score (nSPS) is 12.8. The number of hydrogen-bond donors (Lipinski definition) is 2. The van der Waals surface area contributed by atoms with Crippen molar-refractivity contribution in [2.75, 3.05) is 20.8 Å². The molecule has 0 aliphatic heterocycles. The average molecular weight is 291 g/mol. The summed E-state index contributed by atoms with van der Waals surface area (Å²) in [5, 5.41) is 0.767. The quantitative estimate of drug-likeness (QED) is 0.479. The molecule has 1 aromatic heterocycles. The van der Waals surface area contributed by atoms with Crippen LogP contribution in [-0.2, 0) is 11.3 Å². The molecular weight excluding hydrogens is 270 g/mol. The number of likely N-dealkylation sites (N-methyl/N-ethyl adjacent to an activating group) is 1. The van der Waals surface area contributed by atoms with E-state index in [2.05, 4.69) is 17.2 Å². The number of ether oxygens (including phenoxy) is 1. The second kappa shape index (κ2) is 6.71. The SMILES string of the molecule is COCC(C)N(C)Cc1oc2ccccc2c1C(=O)NN. The average Bonchev–Trinajstić information content (AvgIpc) is 2.84. The number of rotatable bonds is 6. The Hall–Kier alpha value is -1.89. The number of nitrogens with two attached hydrogens (primary N) is 1. The lowest BCUT2D eigenvalue weighted by Gasteiger charge is -2.23. The highest BCUT2D eigenvalue weighted by Crippen LogP contribution is 2.27. The van der Waals surface area contributed by atoms with Gasteiger partial charge in [-0.15, -0.1) is 0 Å². The number of fused-ring (bicyclic) bond motifs is 1. The fourth-order valence-corrected chi connectivity index (χ4v) is 2.28. The summed E-state index contributed by atoms with van der Waals surface area (Å²) >= 11 is 0. The Kier molecular flexibility index (Phi) is 4.95. The second-order valence-electron chi connectivity index (χ2n) is 5.09. The number of nitrogen functional groups attached to an aromatic ring is 1. The number of methoxy groups -OCH3 is 1. The zero-order valence-electron chi connectivity index (χ0n) is 12.6. The minimum atomic E-state index is -0.345. The van der Waals surface area contributed by atoms with Gasteiger partial charge < -0.3 is 9.15 Å². The van der Waals surface area contributed by atoms with E-state index in [-0.39, 0.29) is 11.9 Å². The first kappa shape index (κ1) is 15.5. The molecule has 0 bridgehead atoms. The number of hydrazine groups is 1. The van der Waals surface area contributed by atoms with Crippen molar-refractivity contribution in [3.8, 4) is 0 Å². The molecule has 0 saturated carbocycles. The van der Waals surface area contributed by atoms with Gasteiger partial charge in [-0.3, -0.25) is 15.1 Å².